The van der Waals surface area contributed by atoms with Gasteiger partial charge in [-0.2, -0.15) is 0 Å². The minimum Gasteiger partial charge on any atom is -0.396 e. The first-order valence-electron chi connectivity index (χ1n) is 4.91. The van der Waals surface area contributed by atoms with Crippen LogP contribution in [0.4, 0.5) is 5.69 Å². The third kappa shape index (κ3) is 3.81. The summed E-state index contributed by atoms with van der Waals surface area (Å²) in [6.45, 7) is 2.10. The molecule has 0 saturated carbocycles. The van der Waals surface area contributed by atoms with Crippen LogP contribution in [-0.4, -0.2) is 29.5 Å². The maximum Gasteiger partial charge on any atom is 0.0633 e. The Balaban J connectivity index is 2.70. The molecule has 0 amide bonds. The normalized spacial score (nSPS) is 12.5. The number of anilines is 1. The van der Waals surface area contributed by atoms with Crippen molar-refractivity contribution in [3.05, 3.63) is 28.2 Å². The fourth-order valence-electron chi connectivity index (χ4n) is 1.37. The molecule has 0 aliphatic rings. The molecule has 0 aliphatic carbocycles. The molecule has 1 aromatic carbocycles. The number of aryl methyl sites for hydroxylation is 1. The first-order chi connectivity index (χ1) is 7.17. The van der Waals surface area contributed by atoms with E-state index < -0.39 is 0 Å². The second-order valence-electron chi connectivity index (χ2n) is 3.50. The molecule has 84 valence electrons. The molecule has 0 bridgehead atoms. The average molecular weight is 274 g/mol. The maximum atomic E-state index is 9.08. The molecule has 1 unspecified atom stereocenters. The van der Waals surface area contributed by atoms with E-state index in [9.17, 15) is 0 Å². The Bertz CT molecular complexity index is 317. The highest BCUT2D eigenvalue weighted by molar-refractivity contribution is 9.10. The zero-order valence-electron chi connectivity index (χ0n) is 8.70. The summed E-state index contributed by atoms with van der Waals surface area (Å²) in [7, 11) is 0. The number of hydrogen-bond acceptors (Lipinski definition) is 3. The topological polar surface area (TPSA) is 52.5 Å². The predicted octanol–water partition coefficient (Wildman–Crippen LogP) is 1.91. The van der Waals surface area contributed by atoms with Crippen molar-refractivity contribution < 1.29 is 10.2 Å². The lowest BCUT2D eigenvalue weighted by atomic mass is 10.1. The van der Waals surface area contributed by atoms with Gasteiger partial charge in [-0.15, -0.1) is 0 Å². The Morgan fingerprint density at radius 3 is 2.67 bits per heavy atom. The van der Waals surface area contributed by atoms with Gasteiger partial charge in [0.2, 0.25) is 0 Å². The van der Waals surface area contributed by atoms with Gasteiger partial charge in [0.25, 0.3) is 0 Å². The number of nitrogens with one attached hydrogen (secondary N) is 1. The summed E-state index contributed by atoms with van der Waals surface area (Å²) in [6.07, 6.45) is 0.548. The van der Waals surface area contributed by atoms with E-state index in [1.807, 2.05) is 25.1 Å². The lowest BCUT2D eigenvalue weighted by Crippen LogP contribution is -2.25. The van der Waals surface area contributed by atoms with Crippen LogP contribution in [0.25, 0.3) is 0 Å². The van der Waals surface area contributed by atoms with E-state index in [2.05, 4.69) is 21.2 Å². The van der Waals surface area contributed by atoms with Gasteiger partial charge in [0.1, 0.15) is 0 Å². The molecule has 0 radical (unpaired) electrons. The van der Waals surface area contributed by atoms with Gasteiger partial charge in [-0.05, 0) is 37.1 Å². The molecule has 1 rings (SSSR count). The minimum absolute atomic E-state index is 0.0239. The Kier molecular flexibility index (Phi) is 5.08. The van der Waals surface area contributed by atoms with E-state index in [1.165, 1.54) is 0 Å². The fourth-order valence-corrected chi connectivity index (χ4v) is 1.85. The highest BCUT2D eigenvalue weighted by atomic mass is 79.9. The van der Waals surface area contributed by atoms with Crippen LogP contribution in [-0.2, 0) is 0 Å². The number of halogens is 1. The molecule has 3 N–H and O–H groups in total. The summed E-state index contributed by atoms with van der Waals surface area (Å²) in [5, 5.41) is 21.1. The lowest BCUT2D eigenvalue weighted by Gasteiger charge is -2.18. The molecule has 0 aromatic heterocycles. The van der Waals surface area contributed by atoms with Gasteiger partial charge in [-0.25, -0.2) is 0 Å². The lowest BCUT2D eigenvalue weighted by molar-refractivity contribution is 0.229. The summed E-state index contributed by atoms with van der Waals surface area (Å²) in [6, 6.07) is 5.83. The predicted molar refractivity (Wildman–Crippen MR) is 65.1 cm³/mol. The largest absolute Gasteiger partial charge is 0.396 e. The Morgan fingerprint density at radius 2 is 2.13 bits per heavy atom. The smallest absolute Gasteiger partial charge is 0.0633 e. The molecule has 4 heteroatoms. The van der Waals surface area contributed by atoms with Crippen molar-refractivity contribution in [1.29, 1.82) is 0 Å². The van der Waals surface area contributed by atoms with Crippen molar-refractivity contribution in [2.45, 2.75) is 19.4 Å². The second kappa shape index (κ2) is 6.10. The third-order valence-electron chi connectivity index (χ3n) is 2.25. The summed E-state index contributed by atoms with van der Waals surface area (Å²) >= 11 is 3.39. The zero-order valence-corrected chi connectivity index (χ0v) is 10.3. The van der Waals surface area contributed by atoms with Crippen molar-refractivity contribution in [1.82, 2.24) is 0 Å². The Labute approximate surface area is 98.3 Å². The molecule has 0 fully saturated rings. The van der Waals surface area contributed by atoms with Crippen LogP contribution < -0.4 is 5.32 Å². The number of benzene rings is 1. The zero-order chi connectivity index (χ0) is 11.3. The van der Waals surface area contributed by atoms with Crippen molar-refractivity contribution in [3.63, 3.8) is 0 Å². The van der Waals surface area contributed by atoms with Crippen molar-refractivity contribution in [2.24, 2.45) is 0 Å². The van der Waals surface area contributed by atoms with Crippen LogP contribution in [0.2, 0.25) is 0 Å². The number of aliphatic hydroxyl groups excluding tert-OH is 2. The van der Waals surface area contributed by atoms with Crippen LogP contribution in [0.3, 0.4) is 0 Å². The monoisotopic (exact) mass is 273 g/mol. The van der Waals surface area contributed by atoms with E-state index in [0.717, 1.165) is 15.7 Å². The fraction of sp³-hybridized carbons (Fsp3) is 0.455. The summed E-state index contributed by atoms with van der Waals surface area (Å²) < 4.78 is 1.04. The first kappa shape index (κ1) is 12.5. The van der Waals surface area contributed by atoms with E-state index in [1.54, 1.807) is 0 Å². The SMILES string of the molecule is Cc1cc(Br)ccc1NC(CO)CCO. The second-order valence-corrected chi connectivity index (χ2v) is 4.41. The molecule has 0 aliphatic heterocycles. The van der Waals surface area contributed by atoms with Gasteiger partial charge in [0.05, 0.1) is 12.6 Å². The molecule has 1 aromatic rings. The van der Waals surface area contributed by atoms with Gasteiger partial charge in [0, 0.05) is 16.8 Å². The molecule has 0 heterocycles. The van der Waals surface area contributed by atoms with Crippen LogP contribution >= 0.6 is 15.9 Å². The summed E-state index contributed by atoms with van der Waals surface area (Å²) in [5.41, 5.74) is 2.10. The summed E-state index contributed by atoms with van der Waals surface area (Å²) in [4.78, 5) is 0. The van der Waals surface area contributed by atoms with Crippen molar-refractivity contribution >= 4 is 21.6 Å². The van der Waals surface area contributed by atoms with E-state index in [4.69, 9.17) is 10.2 Å². The van der Waals surface area contributed by atoms with Crippen molar-refractivity contribution in [3.8, 4) is 0 Å². The minimum atomic E-state index is -0.0881. The molecular weight excluding hydrogens is 258 g/mol. The maximum absolute atomic E-state index is 9.08. The van der Waals surface area contributed by atoms with E-state index in [0.29, 0.717) is 6.42 Å². The first-order valence-corrected chi connectivity index (χ1v) is 5.71. The van der Waals surface area contributed by atoms with Gasteiger partial charge in [-0.3, -0.25) is 0 Å². The standard InChI is InChI=1S/C11H16BrNO2/c1-8-6-9(12)2-3-11(8)13-10(7-15)4-5-14/h2-3,6,10,13-15H,4-5,7H2,1H3. The van der Waals surface area contributed by atoms with Gasteiger partial charge in [-0.1, -0.05) is 15.9 Å². The highest BCUT2D eigenvalue weighted by Gasteiger charge is 2.07. The summed E-state index contributed by atoms with van der Waals surface area (Å²) in [5.74, 6) is 0. The van der Waals surface area contributed by atoms with E-state index >= 15 is 0 Å². The van der Waals surface area contributed by atoms with Crippen LogP contribution in [0.5, 0.6) is 0 Å². The number of aliphatic hydroxyl groups is 2. The Morgan fingerprint density at radius 1 is 1.40 bits per heavy atom. The molecule has 0 spiro atoms. The van der Waals surface area contributed by atoms with Crippen LogP contribution in [0.15, 0.2) is 22.7 Å². The van der Waals surface area contributed by atoms with Gasteiger partial charge < -0.3 is 15.5 Å². The van der Waals surface area contributed by atoms with E-state index in [-0.39, 0.29) is 19.3 Å². The van der Waals surface area contributed by atoms with Crippen LogP contribution in [0, 0.1) is 6.92 Å². The molecule has 15 heavy (non-hydrogen) atoms. The quantitative estimate of drug-likeness (QED) is 0.768. The van der Waals surface area contributed by atoms with Crippen molar-refractivity contribution in [2.75, 3.05) is 18.5 Å². The van der Waals surface area contributed by atoms with Crippen LogP contribution in [0.1, 0.15) is 12.0 Å². The highest BCUT2D eigenvalue weighted by Crippen LogP contribution is 2.20. The average Bonchev–Trinajstić information content (AvgIpc) is 2.21. The van der Waals surface area contributed by atoms with Gasteiger partial charge in [0.15, 0.2) is 0 Å². The molecular formula is C11H16BrNO2. The Hall–Kier alpha value is -0.580. The van der Waals surface area contributed by atoms with Gasteiger partial charge >= 0.3 is 0 Å². The molecule has 3 nitrogen and oxygen atoms in total. The third-order valence-corrected chi connectivity index (χ3v) is 2.74. The number of hydrogen-bond donors (Lipinski definition) is 3. The number of rotatable bonds is 5. The molecule has 1 atom stereocenters. The molecule has 0 saturated heterocycles.